The van der Waals surface area contributed by atoms with Gasteiger partial charge in [0, 0.05) is 31.4 Å². The van der Waals surface area contributed by atoms with Gasteiger partial charge in [-0.1, -0.05) is 50.6 Å². The molecule has 2 aliphatic rings. The van der Waals surface area contributed by atoms with Crippen LogP contribution < -0.4 is 31.9 Å². The molecule has 0 radical (unpaired) electrons. The number of unbranched alkanes of at least 4 members (excludes halogenated alkanes) is 2. The molecule has 8 N–H and O–H groups in total. The fourth-order valence-electron chi connectivity index (χ4n) is 5.67. The smallest absolute Gasteiger partial charge is 0.247 e. The average Bonchev–Trinajstić information content (AvgIpc) is 3.29. The monoisotopic (exact) mass is 715 g/mol. The Bertz CT molecular complexity index is 1340. The largest absolute Gasteiger partial charge is 0.393 e. The van der Waals surface area contributed by atoms with Gasteiger partial charge in [0.2, 0.25) is 35.4 Å². The Labute approximate surface area is 300 Å². The SMILES string of the molecule is CC[C@H](C)[C@@H]1NC(=O)[C@H]([C@@H](C)O)N2C(=O)[C@H](CNC(=O)[C@@H](CNC(=O)/C=C/NC(=O)/C=C/C=C/CCC/C=C/CC[C@@H](C)O)NC1=O)NC2(C)C. The number of hydrogen-bond acceptors (Lipinski definition) is 9. The van der Waals surface area contributed by atoms with E-state index in [0.717, 1.165) is 44.4 Å². The Morgan fingerprint density at radius 2 is 1.61 bits per heavy atom. The highest BCUT2D eigenvalue weighted by Gasteiger charge is 2.51. The van der Waals surface area contributed by atoms with Gasteiger partial charge in [0.05, 0.1) is 17.9 Å². The molecule has 0 aromatic rings. The summed E-state index contributed by atoms with van der Waals surface area (Å²) in [7, 11) is 0. The molecular weight excluding hydrogens is 658 g/mol. The maximum atomic E-state index is 13.6. The minimum Gasteiger partial charge on any atom is -0.393 e. The van der Waals surface area contributed by atoms with Crippen molar-refractivity contribution >= 4 is 35.4 Å². The third-order valence-electron chi connectivity index (χ3n) is 8.67. The van der Waals surface area contributed by atoms with Gasteiger partial charge < -0.3 is 41.7 Å². The van der Waals surface area contributed by atoms with Crippen molar-refractivity contribution in [3.05, 3.63) is 48.7 Å². The summed E-state index contributed by atoms with van der Waals surface area (Å²) in [5.74, 6) is -4.08. The molecule has 2 heterocycles. The lowest BCUT2D eigenvalue weighted by molar-refractivity contribution is -0.147. The molecule has 15 nitrogen and oxygen atoms in total. The predicted octanol–water partition coefficient (Wildman–Crippen LogP) is 0.164. The van der Waals surface area contributed by atoms with Gasteiger partial charge in [-0.05, 0) is 65.7 Å². The molecule has 2 rings (SSSR count). The van der Waals surface area contributed by atoms with E-state index in [4.69, 9.17) is 0 Å². The molecule has 51 heavy (non-hydrogen) atoms. The van der Waals surface area contributed by atoms with Gasteiger partial charge in [-0.25, -0.2) is 0 Å². The highest BCUT2D eigenvalue weighted by atomic mass is 16.3. The van der Waals surface area contributed by atoms with Crippen LogP contribution in [0.3, 0.4) is 0 Å². The van der Waals surface area contributed by atoms with Crippen molar-refractivity contribution in [1.29, 1.82) is 0 Å². The lowest BCUT2D eigenvalue weighted by atomic mass is 9.96. The second-order valence-electron chi connectivity index (χ2n) is 13.5. The zero-order chi connectivity index (χ0) is 38.1. The minimum atomic E-state index is -1.31. The molecular formula is C36H57N7O8. The van der Waals surface area contributed by atoms with Gasteiger partial charge in [-0.3, -0.25) is 34.1 Å². The Morgan fingerprint density at radius 3 is 2.27 bits per heavy atom. The first kappa shape index (κ1) is 42.8. The molecule has 284 valence electrons. The third kappa shape index (κ3) is 14.1. The number of nitrogens with one attached hydrogen (secondary N) is 6. The van der Waals surface area contributed by atoms with Crippen molar-refractivity contribution in [1.82, 2.24) is 36.8 Å². The number of allylic oxidation sites excluding steroid dienone is 5. The number of nitrogens with zero attached hydrogens (tertiary/aromatic N) is 1. The van der Waals surface area contributed by atoms with Crippen LogP contribution in [0.1, 0.15) is 80.1 Å². The van der Waals surface area contributed by atoms with Crippen molar-refractivity contribution in [2.45, 2.75) is 122 Å². The van der Waals surface area contributed by atoms with Gasteiger partial charge in [0.25, 0.3) is 0 Å². The van der Waals surface area contributed by atoms with E-state index in [9.17, 15) is 39.0 Å². The van der Waals surface area contributed by atoms with Crippen LogP contribution in [0.25, 0.3) is 0 Å². The normalized spacial score (nSPS) is 24.8. The van der Waals surface area contributed by atoms with E-state index in [1.807, 2.05) is 13.0 Å². The standard InChI is InChI=1S/C36H57N7O8/c1-7-23(2)30-33(49)40-26(32(48)39-22-27-35(51)43(36(5,6)42-27)31(25(4)45)34(50)41-30)21-38-29(47)19-20-37-28(46)18-16-14-12-10-8-9-11-13-15-17-24(3)44/h11-14,16,18-20,23-27,30-31,42,44-45H,7-10,15,17,21-22H2,1-6H3,(H,37,46)(H,38,47)(H,39,48)(H,40,49)(H,41,50)/b13-11+,14-12+,18-16+,20-19+/t23-,24+,25+,26+,27-,30-,31-/m0/s1. The molecule has 7 atom stereocenters. The summed E-state index contributed by atoms with van der Waals surface area (Å²) < 4.78 is 0. The van der Waals surface area contributed by atoms with Crippen LogP contribution in [0.5, 0.6) is 0 Å². The van der Waals surface area contributed by atoms with E-state index in [2.05, 4.69) is 44.1 Å². The highest BCUT2D eigenvalue weighted by molar-refractivity contribution is 5.97. The van der Waals surface area contributed by atoms with Gasteiger partial charge >= 0.3 is 0 Å². The van der Waals surface area contributed by atoms with Crippen molar-refractivity contribution < 1.29 is 39.0 Å². The summed E-state index contributed by atoms with van der Waals surface area (Å²) in [5.41, 5.74) is -1.07. The molecule has 2 saturated heterocycles. The molecule has 2 fully saturated rings. The molecule has 0 spiro atoms. The minimum absolute atomic E-state index is 0.182. The maximum absolute atomic E-state index is 13.6. The highest BCUT2D eigenvalue weighted by Crippen LogP contribution is 2.26. The van der Waals surface area contributed by atoms with Gasteiger partial charge in [0.15, 0.2) is 0 Å². The topological polar surface area (TPSA) is 218 Å². The maximum Gasteiger partial charge on any atom is 0.247 e. The number of amides is 6. The van der Waals surface area contributed by atoms with Crippen LogP contribution in [0.15, 0.2) is 48.7 Å². The van der Waals surface area contributed by atoms with Crippen molar-refractivity contribution in [2.75, 3.05) is 13.1 Å². The van der Waals surface area contributed by atoms with Gasteiger partial charge in [0.1, 0.15) is 24.2 Å². The molecule has 0 saturated carbocycles. The fourth-order valence-corrected chi connectivity index (χ4v) is 5.67. The lowest BCUT2D eigenvalue weighted by Gasteiger charge is -2.39. The summed E-state index contributed by atoms with van der Waals surface area (Å²) in [6.45, 7) is 9.56. The molecule has 2 bridgehead atoms. The number of hydrogen-bond donors (Lipinski definition) is 8. The van der Waals surface area contributed by atoms with Crippen LogP contribution in [0.2, 0.25) is 0 Å². The molecule has 2 aliphatic heterocycles. The first-order chi connectivity index (χ1) is 24.1. The lowest BCUT2D eigenvalue weighted by Crippen LogP contribution is -2.64. The summed E-state index contributed by atoms with van der Waals surface area (Å²) in [6.07, 6.45) is 16.2. The zero-order valence-corrected chi connectivity index (χ0v) is 30.6. The fraction of sp³-hybridized carbons (Fsp3) is 0.611. The summed E-state index contributed by atoms with van der Waals surface area (Å²) in [5, 5.41) is 35.9. The molecule has 0 aromatic heterocycles. The van der Waals surface area contributed by atoms with E-state index < -0.39 is 77.3 Å². The summed E-state index contributed by atoms with van der Waals surface area (Å²) >= 11 is 0. The van der Waals surface area contributed by atoms with Crippen molar-refractivity contribution in [2.24, 2.45) is 5.92 Å². The Hall–Kier alpha value is -4.34. The number of rotatable bonds is 16. The molecule has 15 heteroatoms. The van der Waals surface area contributed by atoms with Crippen LogP contribution in [0, 0.1) is 5.92 Å². The van der Waals surface area contributed by atoms with E-state index >= 15 is 0 Å². The summed E-state index contributed by atoms with van der Waals surface area (Å²) in [6, 6.07) is -4.63. The average molecular weight is 716 g/mol. The van der Waals surface area contributed by atoms with Crippen molar-refractivity contribution in [3.8, 4) is 0 Å². The van der Waals surface area contributed by atoms with Crippen LogP contribution in [0.4, 0.5) is 0 Å². The van der Waals surface area contributed by atoms with Crippen LogP contribution in [-0.4, -0.2) is 106 Å². The van der Waals surface area contributed by atoms with E-state index in [0.29, 0.717) is 6.42 Å². The first-order valence-electron chi connectivity index (χ1n) is 17.7. The number of aliphatic hydroxyl groups excluding tert-OH is 2. The van der Waals surface area contributed by atoms with E-state index in [1.54, 1.807) is 39.8 Å². The van der Waals surface area contributed by atoms with Crippen LogP contribution in [-0.2, 0) is 28.8 Å². The van der Waals surface area contributed by atoms with Crippen LogP contribution >= 0.6 is 0 Å². The molecule has 6 amide bonds. The number of carbonyl (C=O) groups excluding carboxylic acids is 6. The third-order valence-corrected chi connectivity index (χ3v) is 8.67. The van der Waals surface area contributed by atoms with Crippen molar-refractivity contribution in [3.63, 3.8) is 0 Å². The first-order valence-corrected chi connectivity index (χ1v) is 17.7. The van der Waals surface area contributed by atoms with E-state index in [-0.39, 0.29) is 19.2 Å². The van der Waals surface area contributed by atoms with Gasteiger partial charge in [-0.15, -0.1) is 0 Å². The van der Waals surface area contributed by atoms with Gasteiger partial charge in [-0.2, -0.15) is 0 Å². The number of fused-ring (bicyclic) bond motifs is 2. The molecule has 0 aliphatic carbocycles. The van der Waals surface area contributed by atoms with E-state index in [1.165, 1.54) is 17.9 Å². The number of aliphatic hydroxyl groups is 2. The number of carbonyl (C=O) groups is 6. The Morgan fingerprint density at radius 1 is 0.922 bits per heavy atom. The summed E-state index contributed by atoms with van der Waals surface area (Å²) in [4.78, 5) is 79.7. The second-order valence-corrected chi connectivity index (χ2v) is 13.5. The predicted molar refractivity (Wildman–Crippen MR) is 192 cm³/mol. The Balaban J connectivity index is 2.01. The second kappa shape index (κ2) is 21.1. The molecule has 0 aromatic carbocycles. The Kier molecular flexibility index (Phi) is 17.7. The zero-order valence-electron chi connectivity index (χ0n) is 30.6. The quantitative estimate of drug-likeness (QED) is 0.0472. The molecule has 0 unspecified atom stereocenters.